The summed E-state index contributed by atoms with van der Waals surface area (Å²) in [5.74, 6) is 0.805. The first-order valence-electron chi connectivity index (χ1n) is 8.32. The van der Waals surface area contributed by atoms with Gasteiger partial charge in [-0.3, -0.25) is 0 Å². The molecule has 0 aliphatic carbocycles. The molecule has 25 heavy (non-hydrogen) atoms. The summed E-state index contributed by atoms with van der Waals surface area (Å²) in [6, 6.07) is 8.36. The van der Waals surface area contributed by atoms with Crippen molar-refractivity contribution in [2.45, 2.75) is 26.9 Å². The van der Waals surface area contributed by atoms with Crippen LogP contribution in [0.5, 0.6) is 0 Å². The maximum atomic E-state index is 5.33. The first kappa shape index (κ1) is 21.4. The number of benzene rings is 1. The fourth-order valence-electron chi connectivity index (χ4n) is 2.23. The monoisotopic (exact) mass is 458 g/mol. The Kier molecular flexibility index (Phi) is 10.8. The first-order chi connectivity index (χ1) is 11.8. The number of halogens is 1. The molecule has 0 saturated carbocycles. The first-order valence-corrected chi connectivity index (χ1v) is 8.32. The van der Waals surface area contributed by atoms with E-state index in [4.69, 9.17) is 4.74 Å². The molecule has 1 aromatic carbocycles. The highest BCUT2D eigenvalue weighted by molar-refractivity contribution is 14.0. The van der Waals surface area contributed by atoms with Gasteiger partial charge in [0.2, 0.25) is 0 Å². The Labute approximate surface area is 166 Å². The van der Waals surface area contributed by atoms with Crippen LogP contribution in [0.4, 0.5) is 0 Å². The van der Waals surface area contributed by atoms with Gasteiger partial charge in [0.15, 0.2) is 5.96 Å². The number of ether oxygens (including phenoxy) is 1. The summed E-state index contributed by atoms with van der Waals surface area (Å²) in [5, 5.41) is 10.6. The summed E-state index contributed by atoms with van der Waals surface area (Å²) in [5.41, 5.74) is 2.34. The smallest absolute Gasteiger partial charge is 0.191 e. The van der Waals surface area contributed by atoms with Crippen LogP contribution in [0.2, 0.25) is 0 Å². The maximum absolute atomic E-state index is 5.33. The van der Waals surface area contributed by atoms with Crippen LogP contribution >= 0.6 is 24.0 Å². The fraction of sp³-hybridized carbons (Fsp3) is 0.471. The average molecular weight is 458 g/mol. The highest BCUT2D eigenvalue weighted by Gasteiger charge is 2.00. The van der Waals surface area contributed by atoms with E-state index in [0.717, 1.165) is 31.2 Å². The van der Waals surface area contributed by atoms with Crippen LogP contribution in [-0.4, -0.2) is 47.0 Å². The average Bonchev–Trinajstić information content (AvgIpc) is 3.10. The quantitative estimate of drug-likeness (QED) is 0.260. The minimum Gasteiger partial charge on any atom is -0.380 e. The van der Waals surface area contributed by atoms with Crippen molar-refractivity contribution in [1.82, 2.24) is 25.4 Å². The molecule has 8 heteroatoms. The van der Waals surface area contributed by atoms with Gasteiger partial charge in [0.05, 0.1) is 19.7 Å². The molecule has 2 N–H and O–H groups in total. The van der Waals surface area contributed by atoms with Crippen molar-refractivity contribution in [2.24, 2.45) is 4.99 Å². The van der Waals surface area contributed by atoms with Gasteiger partial charge in [0.25, 0.3) is 0 Å². The Hall–Kier alpha value is -1.68. The number of rotatable bonds is 9. The lowest BCUT2D eigenvalue weighted by atomic mass is 10.1. The lowest BCUT2D eigenvalue weighted by Crippen LogP contribution is -2.39. The van der Waals surface area contributed by atoms with E-state index >= 15 is 0 Å². The lowest BCUT2D eigenvalue weighted by Gasteiger charge is -2.11. The van der Waals surface area contributed by atoms with Crippen LogP contribution in [0, 0.1) is 0 Å². The van der Waals surface area contributed by atoms with Gasteiger partial charge < -0.3 is 15.4 Å². The molecular weight excluding hydrogens is 431 g/mol. The molecule has 0 unspecified atom stereocenters. The molecule has 0 radical (unpaired) electrons. The molecule has 0 aliphatic rings. The Morgan fingerprint density at radius 2 is 2.08 bits per heavy atom. The van der Waals surface area contributed by atoms with Crippen molar-refractivity contribution in [3.05, 3.63) is 48.0 Å². The van der Waals surface area contributed by atoms with E-state index in [-0.39, 0.29) is 24.0 Å². The van der Waals surface area contributed by atoms with Crippen molar-refractivity contribution in [1.29, 1.82) is 0 Å². The molecule has 0 aliphatic heterocycles. The molecule has 0 spiro atoms. The number of nitrogens with one attached hydrogen (secondary N) is 2. The molecule has 138 valence electrons. The molecule has 1 heterocycles. The van der Waals surface area contributed by atoms with E-state index in [1.807, 2.05) is 17.7 Å². The van der Waals surface area contributed by atoms with Gasteiger partial charge in [-0.1, -0.05) is 24.3 Å². The molecule has 2 rings (SSSR count). The van der Waals surface area contributed by atoms with Crippen LogP contribution in [0.1, 0.15) is 25.0 Å². The maximum Gasteiger partial charge on any atom is 0.191 e. The summed E-state index contributed by atoms with van der Waals surface area (Å²) in [7, 11) is 0. The zero-order chi connectivity index (χ0) is 17.0. The molecule has 1 aromatic heterocycles. The summed E-state index contributed by atoms with van der Waals surface area (Å²) in [6.45, 7) is 8.35. The summed E-state index contributed by atoms with van der Waals surface area (Å²) >= 11 is 0. The zero-order valence-corrected chi connectivity index (χ0v) is 17.1. The third-order valence-corrected chi connectivity index (χ3v) is 3.31. The van der Waals surface area contributed by atoms with E-state index in [9.17, 15) is 0 Å². The second-order valence-corrected chi connectivity index (χ2v) is 5.23. The van der Waals surface area contributed by atoms with Gasteiger partial charge in [-0.25, -0.2) is 14.7 Å². The highest BCUT2D eigenvalue weighted by atomic mass is 127. The SMILES string of the molecule is CCNC(=NCc1cccc(Cn2cncn2)c1)NCCOCC.I. The third kappa shape index (κ3) is 8.30. The van der Waals surface area contributed by atoms with Gasteiger partial charge in [-0.2, -0.15) is 5.10 Å². The minimum atomic E-state index is 0. The van der Waals surface area contributed by atoms with Gasteiger partial charge in [-0.15, -0.1) is 24.0 Å². The van der Waals surface area contributed by atoms with Gasteiger partial charge in [0, 0.05) is 19.7 Å². The van der Waals surface area contributed by atoms with Gasteiger partial charge in [-0.05, 0) is 25.0 Å². The molecule has 0 bridgehead atoms. The molecular formula is C17H27IN6O. The Balaban J connectivity index is 0.00000312. The van der Waals surface area contributed by atoms with Crippen molar-refractivity contribution in [3.8, 4) is 0 Å². The fourth-order valence-corrected chi connectivity index (χ4v) is 2.23. The Bertz CT molecular complexity index is 617. The predicted octanol–water partition coefficient (Wildman–Crippen LogP) is 2.04. The third-order valence-electron chi connectivity index (χ3n) is 3.31. The number of aliphatic imine (C=N–C) groups is 1. The van der Waals surface area contributed by atoms with E-state index in [2.05, 4.69) is 50.8 Å². The van der Waals surface area contributed by atoms with Crippen LogP contribution in [0.3, 0.4) is 0 Å². The van der Waals surface area contributed by atoms with E-state index < -0.39 is 0 Å². The second-order valence-electron chi connectivity index (χ2n) is 5.23. The minimum absolute atomic E-state index is 0. The van der Waals surface area contributed by atoms with Gasteiger partial charge >= 0.3 is 0 Å². The van der Waals surface area contributed by atoms with Crippen molar-refractivity contribution < 1.29 is 4.74 Å². The van der Waals surface area contributed by atoms with Crippen LogP contribution in [-0.2, 0) is 17.8 Å². The zero-order valence-electron chi connectivity index (χ0n) is 14.8. The van der Waals surface area contributed by atoms with Gasteiger partial charge in [0.1, 0.15) is 12.7 Å². The number of hydrogen-bond acceptors (Lipinski definition) is 4. The molecule has 0 amide bonds. The molecule has 7 nitrogen and oxygen atoms in total. The van der Waals surface area contributed by atoms with Crippen LogP contribution in [0.15, 0.2) is 41.9 Å². The van der Waals surface area contributed by atoms with Crippen molar-refractivity contribution in [3.63, 3.8) is 0 Å². The predicted molar refractivity (Wildman–Crippen MR) is 110 cm³/mol. The highest BCUT2D eigenvalue weighted by Crippen LogP contribution is 2.08. The van der Waals surface area contributed by atoms with Crippen LogP contribution in [0.25, 0.3) is 0 Å². The van der Waals surface area contributed by atoms with Crippen LogP contribution < -0.4 is 10.6 Å². The summed E-state index contributed by atoms with van der Waals surface area (Å²) < 4.78 is 7.14. The van der Waals surface area contributed by atoms with E-state index in [0.29, 0.717) is 19.7 Å². The molecule has 0 fully saturated rings. The summed E-state index contributed by atoms with van der Waals surface area (Å²) in [4.78, 5) is 8.59. The topological polar surface area (TPSA) is 76.4 Å². The van der Waals surface area contributed by atoms with Crippen molar-refractivity contribution in [2.75, 3.05) is 26.3 Å². The van der Waals surface area contributed by atoms with E-state index in [1.54, 1.807) is 12.7 Å². The second kappa shape index (κ2) is 12.6. The number of hydrogen-bond donors (Lipinski definition) is 2. The number of nitrogens with zero attached hydrogens (tertiary/aromatic N) is 4. The number of aromatic nitrogens is 3. The number of guanidine groups is 1. The standard InChI is InChI=1S/C17H26N6O.HI/c1-3-19-17(20-8-9-24-4-2)21-11-15-6-5-7-16(10-15)12-23-14-18-13-22-23;/h5-7,10,13-14H,3-4,8-9,11-12H2,1-2H3,(H2,19,20,21);1H. The molecule has 0 saturated heterocycles. The summed E-state index contributed by atoms with van der Waals surface area (Å²) in [6.07, 6.45) is 3.27. The Morgan fingerprint density at radius 3 is 2.80 bits per heavy atom. The molecule has 2 aromatic rings. The Morgan fingerprint density at radius 1 is 1.24 bits per heavy atom. The van der Waals surface area contributed by atoms with E-state index in [1.165, 1.54) is 5.56 Å². The lowest BCUT2D eigenvalue weighted by molar-refractivity contribution is 0.152. The largest absolute Gasteiger partial charge is 0.380 e. The van der Waals surface area contributed by atoms with Crippen molar-refractivity contribution >= 4 is 29.9 Å². The molecule has 0 atom stereocenters. The normalized spacial score (nSPS) is 11.0.